The van der Waals surface area contributed by atoms with Crippen LogP contribution >= 0.6 is 15.9 Å². The standard InChI is InChI=1S/C11H18BrN3O/c1-8(2)15(5-6-16-4)11-7-10(12)13-9(3)14-11/h7-8H,5-6H2,1-4H3. The molecule has 1 aromatic rings. The van der Waals surface area contributed by atoms with E-state index in [1.54, 1.807) is 7.11 Å². The van der Waals surface area contributed by atoms with E-state index in [4.69, 9.17) is 4.74 Å². The van der Waals surface area contributed by atoms with Crippen LogP contribution in [0.3, 0.4) is 0 Å². The van der Waals surface area contributed by atoms with Gasteiger partial charge in [0.2, 0.25) is 0 Å². The zero-order valence-corrected chi connectivity index (χ0v) is 11.8. The van der Waals surface area contributed by atoms with E-state index in [1.807, 2.05) is 13.0 Å². The number of hydrogen-bond acceptors (Lipinski definition) is 4. The highest BCUT2D eigenvalue weighted by Crippen LogP contribution is 2.18. The van der Waals surface area contributed by atoms with Gasteiger partial charge in [-0.1, -0.05) is 0 Å². The topological polar surface area (TPSA) is 38.2 Å². The maximum Gasteiger partial charge on any atom is 0.133 e. The van der Waals surface area contributed by atoms with Crippen LogP contribution in [0.25, 0.3) is 0 Å². The van der Waals surface area contributed by atoms with Crippen LogP contribution in [-0.4, -0.2) is 36.3 Å². The number of nitrogens with zero attached hydrogens (tertiary/aromatic N) is 3. The van der Waals surface area contributed by atoms with Gasteiger partial charge in [-0.25, -0.2) is 9.97 Å². The molecule has 90 valence electrons. The van der Waals surface area contributed by atoms with E-state index < -0.39 is 0 Å². The average molecular weight is 288 g/mol. The molecule has 0 aliphatic carbocycles. The molecule has 0 radical (unpaired) electrons. The second-order valence-electron chi connectivity index (χ2n) is 3.88. The predicted molar refractivity (Wildman–Crippen MR) is 68.8 cm³/mol. The van der Waals surface area contributed by atoms with Crippen molar-refractivity contribution in [2.75, 3.05) is 25.2 Å². The lowest BCUT2D eigenvalue weighted by Gasteiger charge is -2.27. The second-order valence-corrected chi connectivity index (χ2v) is 4.69. The highest BCUT2D eigenvalue weighted by molar-refractivity contribution is 9.10. The van der Waals surface area contributed by atoms with Gasteiger partial charge in [-0.15, -0.1) is 0 Å². The Morgan fingerprint density at radius 1 is 1.44 bits per heavy atom. The van der Waals surface area contributed by atoms with E-state index >= 15 is 0 Å². The first-order chi connectivity index (χ1) is 7.54. The summed E-state index contributed by atoms with van der Waals surface area (Å²) in [6.45, 7) is 7.70. The maximum absolute atomic E-state index is 5.11. The van der Waals surface area contributed by atoms with Crippen LogP contribution < -0.4 is 4.90 Å². The molecule has 0 saturated heterocycles. The Kier molecular flexibility index (Phi) is 5.15. The summed E-state index contributed by atoms with van der Waals surface area (Å²) in [6, 6.07) is 2.32. The molecule has 0 spiro atoms. The van der Waals surface area contributed by atoms with E-state index in [1.165, 1.54) is 0 Å². The summed E-state index contributed by atoms with van der Waals surface area (Å²) in [7, 11) is 1.71. The number of rotatable bonds is 5. The van der Waals surface area contributed by atoms with E-state index in [9.17, 15) is 0 Å². The van der Waals surface area contributed by atoms with Gasteiger partial charge in [0.15, 0.2) is 0 Å². The van der Waals surface area contributed by atoms with Gasteiger partial charge in [-0.2, -0.15) is 0 Å². The summed E-state index contributed by atoms with van der Waals surface area (Å²) in [6.07, 6.45) is 0. The molecule has 0 fully saturated rings. The second kappa shape index (κ2) is 6.15. The zero-order valence-electron chi connectivity index (χ0n) is 10.2. The molecule has 0 aliphatic heterocycles. The molecule has 0 saturated carbocycles. The van der Waals surface area contributed by atoms with Crippen molar-refractivity contribution in [1.82, 2.24) is 9.97 Å². The van der Waals surface area contributed by atoms with Crippen LogP contribution in [0.4, 0.5) is 5.82 Å². The van der Waals surface area contributed by atoms with Crippen LogP contribution in [0.15, 0.2) is 10.7 Å². The summed E-state index contributed by atoms with van der Waals surface area (Å²) < 4.78 is 5.93. The van der Waals surface area contributed by atoms with Crippen molar-refractivity contribution in [2.45, 2.75) is 26.8 Å². The molecule has 1 aromatic heterocycles. The Bertz CT molecular complexity index is 324. The summed E-state index contributed by atoms with van der Waals surface area (Å²) in [5, 5.41) is 0. The Hall–Kier alpha value is -0.680. The Labute approximate surface area is 105 Å². The van der Waals surface area contributed by atoms with Gasteiger partial charge in [-0.05, 0) is 36.7 Å². The normalized spacial score (nSPS) is 10.9. The van der Waals surface area contributed by atoms with Crippen molar-refractivity contribution in [1.29, 1.82) is 0 Å². The molecule has 0 atom stereocenters. The highest BCUT2D eigenvalue weighted by atomic mass is 79.9. The van der Waals surface area contributed by atoms with Gasteiger partial charge in [-0.3, -0.25) is 0 Å². The minimum absolute atomic E-state index is 0.386. The van der Waals surface area contributed by atoms with E-state index in [0.29, 0.717) is 12.6 Å². The first-order valence-electron chi connectivity index (χ1n) is 5.31. The number of halogens is 1. The molecule has 0 aromatic carbocycles. The number of ether oxygens (including phenoxy) is 1. The van der Waals surface area contributed by atoms with Crippen molar-refractivity contribution in [3.63, 3.8) is 0 Å². The zero-order chi connectivity index (χ0) is 12.1. The molecule has 4 nitrogen and oxygen atoms in total. The third kappa shape index (κ3) is 3.72. The van der Waals surface area contributed by atoms with Gasteiger partial charge in [0.05, 0.1) is 6.61 Å². The monoisotopic (exact) mass is 287 g/mol. The Morgan fingerprint density at radius 3 is 2.62 bits per heavy atom. The fraction of sp³-hybridized carbons (Fsp3) is 0.636. The van der Waals surface area contributed by atoms with Gasteiger partial charge >= 0.3 is 0 Å². The van der Waals surface area contributed by atoms with Gasteiger partial charge in [0.1, 0.15) is 16.2 Å². The van der Waals surface area contributed by atoms with Crippen LogP contribution in [0.1, 0.15) is 19.7 Å². The summed E-state index contributed by atoms with van der Waals surface area (Å²) in [5.41, 5.74) is 0. The van der Waals surface area contributed by atoms with E-state index in [-0.39, 0.29) is 0 Å². The fourth-order valence-electron chi connectivity index (χ4n) is 1.49. The lowest BCUT2D eigenvalue weighted by Crippen LogP contribution is -2.34. The largest absolute Gasteiger partial charge is 0.383 e. The molecule has 0 unspecified atom stereocenters. The number of hydrogen-bond donors (Lipinski definition) is 0. The predicted octanol–water partition coefficient (Wildman–Crippen LogP) is 2.41. The average Bonchev–Trinajstić information content (AvgIpc) is 2.16. The highest BCUT2D eigenvalue weighted by Gasteiger charge is 2.12. The number of anilines is 1. The third-order valence-corrected chi connectivity index (χ3v) is 2.65. The SMILES string of the molecule is COCCN(c1cc(Br)nc(C)n1)C(C)C. The molecule has 0 N–H and O–H groups in total. The third-order valence-electron chi connectivity index (χ3n) is 2.25. The molecule has 1 rings (SSSR count). The Morgan fingerprint density at radius 2 is 2.12 bits per heavy atom. The summed E-state index contributed by atoms with van der Waals surface area (Å²) in [5.74, 6) is 1.71. The number of methoxy groups -OCH3 is 1. The summed E-state index contributed by atoms with van der Waals surface area (Å²) in [4.78, 5) is 10.8. The van der Waals surface area contributed by atoms with Crippen molar-refractivity contribution in [2.24, 2.45) is 0 Å². The minimum Gasteiger partial charge on any atom is -0.383 e. The fourth-order valence-corrected chi connectivity index (χ4v) is 1.95. The van der Waals surface area contributed by atoms with Crippen LogP contribution in [0.2, 0.25) is 0 Å². The van der Waals surface area contributed by atoms with E-state index in [2.05, 4.69) is 44.6 Å². The number of aryl methyl sites for hydroxylation is 1. The van der Waals surface area contributed by atoms with Crippen LogP contribution in [0.5, 0.6) is 0 Å². The smallest absolute Gasteiger partial charge is 0.133 e. The molecule has 5 heteroatoms. The molecule has 16 heavy (non-hydrogen) atoms. The molecular weight excluding hydrogens is 270 g/mol. The maximum atomic E-state index is 5.11. The van der Waals surface area contributed by atoms with Crippen molar-refractivity contribution in [3.8, 4) is 0 Å². The van der Waals surface area contributed by atoms with Crippen molar-refractivity contribution < 1.29 is 4.74 Å². The first-order valence-corrected chi connectivity index (χ1v) is 6.10. The molecular formula is C11H18BrN3O. The molecule has 0 aliphatic rings. The molecule has 0 bridgehead atoms. The first kappa shape index (κ1) is 13.4. The Balaban J connectivity index is 2.91. The lowest BCUT2D eigenvalue weighted by molar-refractivity contribution is 0.203. The minimum atomic E-state index is 0.386. The van der Waals surface area contributed by atoms with Crippen LogP contribution in [0, 0.1) is 6.92 Å². The number of aromatic nitrogens is 2. The van der Waals surface area contributed by atoms with Gasteiger partial charge in [0.25, 0.3) is 0 Å². The van der Waals surface area contributed by atoms with Crippen molar-refractivity contribution >= 4 is 21.7 Å². The van der Waals surface area contributed by atoms with Crippen LogP contribution in [-0.2, 0) is 4.74 Å². The summed E-state index contributed by atoms with van der Waals surface area (Å²) >= 11 is 3.39. The quantitative estimate of drug-likeness (QED) is 0.780. The van der Waals surface area contributed by atoms with Gasteiger partial charge < -0.3 is 9.64 Å². The lowest BCUT2D eigenvalue weighted by atomic mass is 10.3. The van der Waals surface area contributed by atoms with E-state index in [0.717, 1.165) is 22.8 Å². The van der Waals surface area contributed by atoms with Gasteiger partial charge in [0, 0.05) is 25.8 Å². The molecule has 1 heterocycles. The molecule has 0 amide bonds. The van der Waals surface area contributed by atoms with Crippen molar-refractivity contribution in [3.05, 3.63) is 16.5 Å².